The van der Waals surface area contributed by atoms with Crippen molar-refractivity contribution in [1.82, 2.24) is 15.3 Å². The number of nitrogens with zero attached hydrogens (tertiary/aromatic N) is 2. The van der Waals surface area contributed by atoms with Crippen LogP contribution in [0.2, 0.25) is 5.02 Å². The molecule has 1 aromatic heterocycles. The van der Waals surface area contributed by atoms with Crippen molar-refractivity contribution < 1.29 is 24.0 Å². The summed E-state index contributed by atoms with van der Waals surface area (Å²) in [6.45, 7) is 5.85. The van der Waals surface area contributed by atoms with E-state index in [0.717, 1.165) is 32.4 Å². The van der Waals surface area contributed by atoms with Gasteiger partial charge in [0.1, 0.15) is 0 Å². The summed E-state index contributed by atoms with van der Waals surface area (Å²) in [6.07, 6.45) is 3.18. The summed E-state index contributed by atoms with van der Waals surface area (Å²) in [6, 6.07) is 20.2. The number of hydroxylamine groups is 1. The fraction of sp³-hybridized carbons (Fsp3) is 0.286. The van der Waals surface area contributed by atoms with E-state index >= 15 is 0 Å². The van der Waals surface area contributed by atoms with E-state index in [4.69, 9.17) is 22.2 Å². The summed E-state index contributed by atoms with van der Waals surface area (Å²) < 4.78 is 2.94. The summed E-state index contributed by atoms with van der Waals surface area (Å²) >= 11 is 5.22. The van der Waals surface area contributed by atoms with Gasteiger partial charge in [-0.25, -0.2) is 0 Å². The number of primary amides is 1. The van der Waals surface area contributed by atoms with Crippen LogP contribution in [0.15, 0.2) is 66.7 Å². The summed E-state index contributed by atoms with van der Waals surface area (Å²) in [5.74, 6) is -1.26. The number of anilines is 1. The van der Waals surface area contributed by atoms with Gasteiger partial charge in [-0.1, -0.05) is 23.7 Å². The van der Waals surface area contributed by atoms with Crippen LogP contribution < -0.4 is 20.9 Å². The van der Waals surface area contributed by atoms with E-state index in [1.54, 1.807) is 49.7 Å². The van der Waals surface area contributed by atoms with Crippen LogP contribution in [-0.2, 0) is 27.3 Å². The molecule has 5 rings (SSSR count). The second-order valence-corrected chi connectivity index (χ2v) is 15.7. The van der Waals surface area contributed by atoms with Crippen LogP contribution >= 0.6 is 11.6 Å². The number of hydrogen-bond acceptors (Lipinski definition) is 7. The van der Waals surface area contributed by atoms with Crippen LogP contribution in [0.25, 0.3) is 16.9 Å². The van der Waals surface area contributed by atoms with Gasteiger partial charge in [0.25, 0.3) is 0 Å². The molecule has 3 aromatic carbocycles. The first kappa shape index (κ1) is 34.1. The molecule has 244 valence electrons. The summed E-state index contributed by atoms with van der Waals surface area (Å²) in [5.41, 5.74) is 13.2. The van der Waals surface area contributed by atoms with Crippen LogP contribution in [0.4, 0.5) is 5.69 Å². The van der Waals surface area contributed by atoms with E-state index in [-0.39, 0.29) is 22.1 Å². The molecule has 1 atom stereocenters. The number of rotatable bonds is 12. The van der Waals surface area contributed by atoms with Crippen molar-refractivity contribution in [3.63, 3.8) is 0 Å². The zero-order valence-electron chi connectivity index (χ0n) is 26.5. The maximum absolute atomic E-state index is 13.0. The summed E-state index contributed by atoms with van der Waals surface area (Å²) in [7, 11) is 0. The molecule has 0 fully saturated rings. The zero-order valence-corrected chi connectivity index (χ0v) is 29.3. The Hall–Kier alpha value is -4.24. The summed E-state index contributed by atoms with van der Waals surface area (Å²) in [5, 5.41) is 7.92. The Morgan fingerprint density at radius 3 is 2.45 bits per heavy atom. The Kier molecular flexibility index (Phi) is 10.6. The molecular weight excluding hydrogens is 681 g/mol. The van der Waals surface area contributed by atoms with Gasteiger partial charge in [-0.2, -0.15) is 0 Å². The third kappa shape index (κ3) is 8.19. The van der Waals surface area contributed by atoms with Gasteiger partial charge in [0.05, 0.1) is 5.02 Å². The van der Waals surface area contributed by atoms with Gasteiger partial charge >= 0.3 is 245 Å². The number of amides is 2. The monoisotopic (exact) mass is 717 g/mol. The van der Waals surface area contributed by atoms with Crippen LogP contribution in [0.1, 0.15) is 72.0 Å². The number of unbranched alkanes of at least 4 members (excludes halogenated alkanes) is 1. The predicted octanol–water partition coefficient (Wildman–Crippen LogP) is 4.50. The Labute approximate surface area is 285 Å². The number of carbonyl (C=O) groups excluding carboxylic acids is 4. The van der Waals surface area contributed by atoms with E-state index in [0.29, 0.717) is 54.9 Å². The quantitative estimate of drug-likeness (QED) is 0.111. The van der Waals surface area contributed by atoms with Gasteiger partial charge < -0.3 is 0 Å². The van der Waals surface area contributed by atoms with Crippen molar-refractivity contribution in [3.8, 4) is 16.9 Å². The molecule has 1 aliphatic rings. The van der Waals surface area contributed by atoms with Gasteiger partial charge in [0.2, 0.25) is 0 Å². The average molecular weight is 718 g/mol. The molecule has 0 saturated heterocycles. The SMILES string of the molecule is CC(C)(C)C(=O)ONCCCCC(=O)[AsH]c1ccc(-n2nc(C(N)=O)c3c2-c2cc(NC(=O)c4ccccc4Cl)ccc2CC3)cc1. The van der Waals surface area contributed by atoms with Crippen molar-refractivity contribution in [3.05, 3.63) is 94.1 Å². The molecule has 4 N–H and O–H groups in total. The minimum absolute atomic E-state index is 0.214. The van der Waals surface area contributed by atoms with Crippen LogP contribution in [0.5, 0.6) is 0 Å². The van der Waals surface area contributed by atoms with E-state index in [1.165, 1.54) is 0 Å². The van der Waals surface area contributed by atoms with Crippen LogP contribution in [-0.4, -0.2) is 54.4 Å². The van der Waals surface area contributed by atoms with Gasteiger partial charge in [-0.15, -0.1) is 0 Å². The van der Waals surface area contributed by atoms with Crippen molar-refractivity contribution in [2.75, 3.05) is 11.9 Å². The maximum atomic E-state index is 13.0. The molecular formula is C35H37AsClN5O5. The number of nitrogens with two attached hydrogens (primary N) is 1. The molecule has 0 radical (unpaired) electrons. The molecule has 12 heteroatoms. The zero-order chi connectivity index (χ0) is 33.7. The molecule has 10 nitrogen and oxygen atoms in total. The Morgan fingerprint density at radius 2 is 1.74 bits per heavy atom. The first-order valence-electron chi connectivity index (χ1n) is 15.4. The van der Waals surface area contributed by atoms with Gasteiger partial charge in [-0.3, -0.25) is 0 Å². The number of nitrogens with one attached hydrogen (secondary N) is 2. The first-order valence-corrected chi connectivity index (χ1v) is 17.9. The molecule has 1 unspecified atom stereocenters. The fourth-order valence-corrected chi connectivity index (χ4v) is 7.44. The van der Waals surface area contributed by atoms with Crippen molar-refractivity contribution in [2.24, 2.45) is 11.1 Å². The Balaban J connectivity index is 1.28. The average Bonchev–Trinajstić information content (AvgIpc) is 3.43. The molecule has 1 heterocycles. The van der Waals surface area contributed by atoms with E-state index < -0.39 is 27.1 Å². The van der Waals surface area contributed by atoms with Gasteiger partial charge in [0, 0.05) is 0 Å². The van der Waals surface area contributed by atoms with Gasteiger partial charge in [-0.05, 0) is 12.1 Å². The molecule has 1 aliphatic carbocycles. The molecule has 0 bridgehead atoms. The Bertz CT molecular complexity index is 1830. The number of benzene rings is 3. The van der Waals surface area contributed by atoms with E-state index in [9.17, 15) is 19.2 Å². The number of aryl methyl sites for hydroxylation is 1. The fourth-order valence-electron chi connectivity index (χ4n) is 5.21. The number of carbonyl (C=O) groups is 4. The number of hydrogen-bond donors (Lipinski definition) is 3. The van der Waals surface area contributed by atoms with Gasteiger partial charge in [0.15, 0.2) is 0 Å². The normalized spacial score (nSPS) is 12.4. The summed E-state index contributed by atoms with van der Waals surface area (Å²) in [4.78, 5) is 55.0. The molecule has 4 aromatic rings. The minimum atomic E-state index is -1.02. The standard InChI is InChI=1S/C35H37AsClN5O5/c1-35(2,3)34(46)47-39-19-7-6-10-29(43)36-22-13-16-24(17-14-22)42-31-26(30(41-42)32(38)44)18-12-21-11-15-23(20-27(21)31)40-33(45)25-8-4-5-9-28(25)37/h4-5,8-9,11,13-17,20,36,39H,6-7,10,12,18-19H2,1-3H3,(H2,38,44)(H,40,45). The first-order chi connectivity index (χ1) is 22.4. The van der Waals surface area contributed by atoms with Crippen molar-refractivity contribution in [2.45, 2.75) is 52.9 Å². The molecule has 0 aliphatic heterocycles. The van der Waals surface area contributed by atoms with Crippen molar-refractivity contribution in [1.29, 1.82) is 0 Å². The predicted molar refractivity (Wildman–Crippen MR) is 184 cm³/mol. The van der Waals surface area contributed by atoms with Crippen molar-refractivity contribution >= 4 is 59.7 Å². The topological polar surface area (TPSA) is 145 Å². The molecule has 0 saturated carbocycles. The van der Waals surface area contributed by atoms with E-state index in [1.807, 2.05) is 42.5 Å². The molecule has 47 heavy (non-hydrogen) atoms. The van der Waals surface area contributed by atoms with Crippen LogP contribution in [0, 0.1) is 5.41 Å². The Morgan fingerprint density at radius 1 is 1.00 bits per heavy atom. The number of aromatic nitrogens is 2. The molecule has 2 amide bonds. The number of fused-ring (bicyclic) bond motifs is 3. The third-order valence-electron chi connectivity index (χ3n) is 7.71. The van der Waals surface area contributed by atoms with E-state index in [2.05, 4.69) is 15.9 Å². The third-order valence-corrected chi connectivity index (χ3v) is 10.5. The second-order valence-electron chi connectivity index (χ2n) is 12.3. The molecule has 0 spiro atoms. The van der Waals surface area contributed by atoms with Crippen LogP contribution in [0.3, 0.4) is 0 Å². The number of halogens is 1. The second kappa shape index (κ2) is 14.7.